The van der Waals surface area contributed by atoms with Crippen molar-refractivity contribution in [1.82, 2.24) is 15.2 Å². The number of H-pyrrole nitrogens is 1. The predicted molar refractivity (Wildman–Crippen MR) is 122 cm³/mol. The maximum Gasteiger partial charge on any atom is 0.434 e. The van der Waals surface area contributed by atoms with Crippen LogP contribution < -0.4 is 5.76 Å². The van der Waals surface area contributed by atoms with Crippen LogP contribution in [0.5, 0.6) is 0 Å². The Morgan fingerprint density at radius 2 is 1.89 bits per heavy atom. The van der Waals surface area contributed by atoms with Gasteiger partial charge in [-0.3, -0.25) is 0 Å². The average molecular weight is 508 g/mol. The number of halogens is 4. The van der Waals surface area contributed by atoms with Crippen LogP contribution >= 0.6 is 11.3 Å². The summed E-state index contributed by atoms with van der Waals surface area (Å²) in [5, 5.41) is 6.33. The van der Waals surface area contributed by atoms with Crippen LogP contribution in [0.2, 0.25) is 0 Å². The highest BCUT2D eigenvalue weighted by Crippen LogP contribution is 2.34. The van der Waals surface area contributed by atoms with Gasteiger partial charge in [-0.2, -0.15) is 13.2 Å². The number of hydrogen-bond donors (Lipinski definition) is 1. The van der Waals surface area contributed by atoms with Crippen molar-refractivity contribution in [3.8, 4) is 22.0 Å². The summed E-state index contributed by atoms with van der Waals surface area (Å²) in [6.07, 6.45) is -1.78. The predicted octanol–water partition coefficient (Wildman–Crippen LogP) is 6.37. The molecule has 6 nitrogen and oxygen atoms in total. The molecule has 0 spiro atoms. The molecule has 2 aromatic carbocycles. The minimum atomic E-state index is -4.39. The number of ether oxygens (including phenoxy) is 1. The van der Waals surface area contributed by atoms with E-state index in [1.807, 2.05) is 0 Å². The molecule has 35 heavy (non-hydrogen) atoms. The minimum Gasteiger partial charge on any atom is -0.388 e. The highest BCUT2D eigenvalue weighted by Gasteiger charge is 2.30. The first kappa shape index (κ1) is 24.8. The molecule has 0 fully saturated rings. The number of unbranched alkanes of at least 4 members (excludes halogenated alkanes) is 1. The van der Waals surface area contributed by atoms with E-state index in [1.54, 1.807) is 6.07 Å². The van der Waals surface area contributed by atoms with Crippen LogP contribution in [0.1, 0.15) is 41.5 Å². The van der Waals surface area contributed by atoms with E-state index in [-0.39, 0.29) is 24.7 Å². The van der Waals surface area contributed by atoms with Gasteiger partial charge in [-0.1, -0.05) is 31.5 Å². The molecule has 0 aliphatic rings. The van der Waals surface area contributed by atoms with Crippen LogP contribution in [0, 0.1) is 5.82 Å². The number of rotatable bonds is 9. The largest absolute Gasteiger partial charge is 0.434 e. The fourth-order valence-electron chi connectivity index (χ4n) is 3.39. The topological polar surface area (TPSA) is 81.0 Å². The van der Waals surface area contributed by atoms with Gasteiger partial charge in [0, 0.05) is 5.56 Å². The van der Waals surface area contributed by atoms with Crippen molar-refractivity contribution >= 4 is 11.3 Å². The Morgan fingerprint density at radius 1 is 1.11 bits per heavy atom. The molecule has 0 bridgehead atoms. The van der Waals surface area contributed by atoms with Crippen molar-refractivity contribution in [3.63, 3.8) is 0 Å². The molecule has 0 radical (unpaired) electrons. The SMILES string of the molecule is CCCCc1nc(-c2ccc(C(F)(F)F)cc2)sc1COCc1ccc(-c2n[nH]c(=O)o2)c(F)c1. The third-order valence-corrected chi connectivity index (χ3v) is 6.33. The van der Waals surface area contributed by atoms with Gasteiger partial charge in [0.25, 0.3) is 5.89 Å². The van der Waals surface area contributed by atoms with E-state index in [0.29, 0.717) is 16.1 Å². The third kappa shape index (κ3) is 6.04. The Kier molecular flexibility index (Phi) is 7.46. The van der Waals surface area contributed by atoms with Gasteiger partial charge in [-0.15, -0.1) is 16.4 Å². The zero-order chi connectivity index (χ0) is 25.0. The lowest BCUT2D eigenvalue weighted by Crippen LogP contribution is -2.03. The highest BCUT2D eigenvalue weighted by atomic mass is 32.1. The van der Waals surface area contributed by atoms with Gasteiger partial charge in [0.05, 0.1) is 34.9 Å². The molecular formula is C24H21F4N3O3S. The molecule has 0 saturated heterocycles. The number of benzene rings is 2. The second-order valence-corrected chi connectivity index (χ2v) is 8.88. The molecule has 0 amide bonds. The van der Waals surface area contributed by atoms with E-state index in [1.165, 1.54) is 35.6 Å². The molecular weight excluding hydrogens is 486 g/mol. The summed E-state index contributed by atoms with van der Waals surface area (Å²) in [6, 6.07) is 9.31. The Morgan fingerprint density at radius 3 is 2.51 bits per heavy atom. The van der Waals surface area contributed by atoms with Crippen LogP contribution in [0.3, 0.4) is 0 Å². The van der Waals surface area contributed by atoms with E-state index < -0.39 is 23.3 Å². The number of aryl methyl sites for hydroxylation is 1. The van der Waals surface area contributed by atoms with Crippen LogP contribution in [-0.4, -0.2) is 15.2 Å². The number of thiazole rings is 1. The molecule has 11 heteroatoms. The molecule has 0 saturated carbocycles. The first-order chi connectivity index (χ1) is 16.7. The summed E-state index contributed by atoms with van der Waals surface area (Å²) in [5.74, 6) is -1.51. The van der Waals surface area contributed by atoms with Crippen LogP contribution in [0.25, 0.3) is 22.0 Å². The summed E-state index contributed by atoms with van der Waals surface area (Å²) in [4.78, 5) is 16.6. The van der Waals surface area contributed by atoms with Crippen molar-refractivity contribution < 1.29 is 26.7 Å². The van der Waals surface area contributed by atoms with E-state index in [0.717, 1.165) is 42.0 Å². The summed E-state index contributed by atoms with van der Waals surface area (Å²) < 4.78 is 63.6. The Balaban J connectivity index is 1.46. The van der Waals surface area contributed by atoms with Crippen LogP contribution in [-0.2, 0) is 30.5 Å². The molecule has 4 aromatic rings. The summed E-state index contributed by atoms with van der Waals surface area (Å²) in [6.45, 7) is 2.42. The van der Waals surface area contributed by atoms with Gasteiger partial charge in [0.2, 0.25) is 0 Å². The fourth-order valence-corrected chi connectivity index (χ4v) is 4.44. The highest BCUT2D eigenvalue weighted by molar-refractivity contribution is 7.15. The zero-order valence-electron chi connectivity index (χ0n) is 18.6. The maximum atomic E-state index is 14.4. The Hall–Kier alpha value is -3.31. The van der Waals surface area contributed by atoms with E-state index in [4.69, 9.17) is 9.15 Å². The fraction of sp³-hybridized carbons (Fsp3) is 0.292. The van der Waals surface area contributed by atoms with Gasteiger partial charge in [0.15, 0.2) is 0 Å². The second-order valence-electron chi connectivity index (χ2n) is 7.79. The number of nitrogens with zero attached hydrogens (tertiary/aromatic N) is 2. The quantitative estimate of drug-likeness (QED) is 0.266. The number of aromatic amines is 1. The summed E-state index contributed by atoms with van der Waals surface area (Å²) >= 11 is 1.37. The molecule has 0 unspecified atom stereocenters. The summed E-state index contributed by atoms with van der Waals surface area (Å²) in [7, 11) is 0. The van der Waals surface area contributed by atoms with Crippen molar-refractivity contribution in [3.05, 3.63) is 80.5 Å². The van der Waals surface area contributed by atoms with E-state index >= 15 is 0 Å². The Labute approximate surface area is 201 Å². The first-order valence-corrected chi connectivity index (χ1v) is 11.6. The minimum absolute atomic E-state index is 0.0533. The molecule has 2 aromatic heterocycles. The number of alkyl halides is 3. The van der Waals surface area contributed by atoms with Crippen LogP contribution in [0.15, 0.2) is 51.7 Å². The maximum absolute atomic E-state index is 14.4. The van der Waals surface area contributed by atoms with E-state index in [2.05, 4.69) is 22.1 Å². The second kappa shape index (κ2) is 10.5. The number of nitrogens with one attached hydrogen (secondary N) is 1. The molecule has 0 aliphatic carbocycles. The smallest absolute Gasteiger partial charge is 0.388 e. The average Bonchev–Trinajstić information content (AvgIpc) is 3.43. The standard InChI is InChI=1S/C24H21F4N3O3S/c1-2-3-4-19-20(35-22(29-19)15-6-8-16(9-7-15)24(26,27)28)13-33-12-14-5-10-17(18(25)11-14)21-30-31-23(32)34-21/h5-11H,2-4,12-13H2,1H3,(H,31,32). The molecule has 1 N–H and O–H groups in total. The van der Waals surface area contributed by atoms with Gasteiger partial charge >= 0.3 is 11.9 Å². The first-order valence-electron chi connectivity index (χ1n) is 10.8. The lowest BCUT2D eigenvalue weighted by Gasteiger charge is -2.06. The molecule has 0 atom stereocenters. The van der Waals surface area contributed by atoms with Gasteiger partial charge in [-0.05, 0) is 42.7 Å². The number of hydrogen-bond acceptors (Lipinski definition) is 6. The normalized spacial score (nSPS) is 11.8. The zero-order valence-corrected chi connectivity index (χ0v) is 19.4. The summed E-state index contributed by atoms with van der Waals surface area (Å²) in [5.41, 5.74) is 1.38. The molecule has 184 valence electrons. The molecule has 2 heterocycles. The van der Waals surface area contributed by atoms with E-state index in [9.17, 15) is 22.4 Å². The third-order valence-electron chi connectivity index (χ3n) is 5.21. The van der Waals surface area contributed by atoms with Crippen molar-refractivity contribution in [2.45, 2.75) is 45.6 Å². The van der Waals surface area contributed by atoms with Crippen molar-refractivity contribution in [1.29, 1.82) is 0 Å². The van der Waals surface area contributed by atoms with Gasteiger partial charge in [-0.25, -0.2) is 19.3 Å². The monoisotopic (exact) mass is 507 g/mol. The molecule has 4 rings (SSSR count). The van der Waals surface area contributed by atoms with Crippen LogP contribution in [0.4, 0.5) is 17.6 Å². The molecule has 0 aliphatic heterocycles. The van der Waals surface area contributed by atoms with Crippen molar-refractivity contribution in [2.75, 3.05) is 0 Å². The van der Waals surface area contributed by atoms with Gasteiger partial charge < -0.3 is 9.15 Å². The van der Waals surface area contributed by atoms with Crippen molar-refractivity contribution in [2.24, 2.45) is 0 Å². The lowest BCUT2D eigenvalue weighted by molar-refractivity contribution is -0.137. The Bertz CT molecular complexity index is 1340. The number of aromatic nitrogens is 3. The lowest BCUT2D eigenvalue weighted by atomic mass is 10.1. The van der Waals surface area contributed by atoms with Gasteiger partial charge in [0.1, 0.15) is 10.8 Å².